The summed E-state index contributed by atoms with van der Waals surface area (Å²) in [5.41, 5.74) is 2.92. The molecule has 3 aromatic rings. The van der Waals surface area contributed by atoms with Crippen LogP contribution < -0.4 is 16.0 Å². The second-order valence-electron chi connectivity index (χ2n) is 8.91. The molecule has 2 aromatic heterocycles. The zero-order valence-corrected chi connectivity index (χ0v) is 23.1. The maximum absolute atomic E-state index is 12.4. The summed E-state index contributed by atoms with van der Waals surface area (Å²) >= 11 is 2.32. The van der Waals surface area contributed by atoms with Crippen molar-refractivity contribution in [2.75, 3.05) is 17.2 Å². The van der Waals surface area contributed by atoms with E-state index in [0.717, 1.165) is 48.4 Å². The molecule has 0 bridgehead atoms. The molecule has 36 heavy (non-hydrogen) atoms. The van der Waals surface area contributed by atoms with Gasteiger partial charge < -0.3 is 21.1 Å². The van der Waals surface area contributed by atoms with E-state index in [1.165, 1.54) is 19.3 Å². The van der Waals surface area contributed by atoms with Gasteiger partial charge in [0, 0.05) is 30.3 Å². The number of fused-ring (bicyclic) bond motifs is 1. The van der Waals surface area contributed by atoms with Crippen LogP contribution in [0.2, 0.25) is 0 Å². The molecule has 1 amide bonds. The maximum Gasteiger partial charge on any atom is 0.303 e. The van der Waals surface area contributed by atoms with E-state index in [1.807, 2.05) is 16.5 Å². The Morgan fingerprint density at radius 3 is 2.58 bits per heavy atom. The smallest absolute Gasteiger partial charge is 0.303 e. The molecule has 0 radical (unpaired) electrons. The van der Waals surface area contributed by atoms with E-state index in [2.05, 4.69) is 43.0 Å². The van der Waals surface area contributed by atoms with Gasteiger partial charge in [0.2, 0.25) is 5.95 Å². The summed E-state index contributed by atoms with van der Waals surface area (Å²) in [5, 5.41) is 18.4. The number of amides is 1. The molecular formula is C24H31IN7O3P. The molecule has 1 atom stereocenters. The summed E-state index contributed by atoms with van der Waals surface area (Å²) in [7, 11) is 0. The number of imidazole rings is 1. The van der Waals surface area contributed by atoms with Crippen LogP contribution in [0.5, 0.6) is 0 Å². The average Bonchev–Trinajstić information content (AvgIpc) is 3.30. The fraction of sp³-hybridized carbons (Fsp3) is 0.458. The number of aromatic nitrogens is 4. The summed E-state index contributed by atoms with van der Waals surface area (Å²) in [4.78, 5) is 37.0. The second kappa shape index (κ2) is 13.1. The third-order valence-electron chi connectivity index (χ3n) is 6.19. The van der Waals surface area contributed by atoms with E-state index in [0.29, 0.717) is 36.9 Å². The van der Waals surface area contributed by atoms with Crippen LogP contribution in [0.3, 0.4) is 0 Å². The fourth-order valence-electron chi connectivity index (χ4n) is 4.27. The molecule has 0 spiro atoms. The van der Waals surface area contributed by atoms with Crippen molar-refractivity contribution in [3.8, 4) is 0 Å². The van der Waals surface area contributed by atoms with Crippen LogP contribution in [0.4, 0.5) is 17.5 Å². The largest absolute Gasteiger partial charge is 0.481 e. The lowest BCUT2D eigenvalue weighted by Gasteiger charge is -2.23. The predicted molar refractivity (Wildman–Crippen MR) is 152 cm³/mol. The van der Waals surface area contributed by atoms with Crippen molar-refractivity contribution in [2.24, 2.45) is 0 Å². The van der Waals surface area contributed by atoms with E-state index >= 15 is 0 Å². The quantitative estimate of drug-likeness (QED) is 0.118. The number of halogens is 1. The molecule has 1 saturated carbocycles. The van der Waals surface area contributed by atoms with Crippen molar-refractivity contribution in [2.45, 2.75) is 63.8 Å². The molecule has 10 nitrogen and oxygen atoms in total. The van der Waals surface area contributed by atoms with Crippen molar-refractivity contribution < 1.29 is 14.7 Å². The lowest BCUT2D eigenvalue weighted by atomic mass is 9.95. The molecular weight excluding hydrogens is 592 g/mol. The highest BCUT2D eigenvalue weighted by Gasteiger charge is 2.19. The molecule has 2 heterocycles. The Kier molecular flexibility index (Phi) is 9.68. The Balaban J connectivity index is 1.40. The highest BCUT2D eigenvalue weighted by molar-refractivity contribution is 14.2. The van der Waals surface area contributed by atoms with Gasteiger partial charge in [0.15, 0.2) is 17.0 Å². The van der Waals surface area contributed by atoms with Gasteiger partial charge in [-0.1, -0.05) is 25.7 Å². The number of unbranched alkanes of at least 4 members (excludes halogenated alkanes) is 2. The number of hydrogen-bond acceptors (Lipinski definition) is 7. The number of carboxylic acid groups (broad SMARTS) is 1. The van der Waals surface area contributed by atoms with E-state index in [9.17, 15) is 9.59 Å². The van der Waals surface area contributed by atoms with Gasteiger partial charge >= 0.3 is 5.97 Å². The monoisotopic (exact) mass is 623 g/mol. The van der Waals surface area contributed by atoms with Gasteiger partial charge in [0.05, 0.1) is 6.37 Å². The lowest BCUT2D eigenvalue weighted by molar-refractivity contribution is -0.137. The van der Waals surface area contributed by atoms with Crippen LogP contribution in [-0.2, 0) is 4.79 Å². The van der Waals surface area contributed by atoms with Crippen LogP contribution in [-0.4, -0.2) is 48.9 Å². The van der Waals surface area contributed by atoms with Crippen LogP contribution in [0.1, 0.15) is 68.1 Å². The minimum absolute atomic E-state index is 0.150. The molecule has 1 aromatic carbocycles. The van der Waals surface area contributed by atoms with Crippen molar-refractivity contribution in [1.82, 2.24) is 24.6 Å². The SMILES string of the molecule is O=C(O)CCCCCNC(=O)c1ccc(Nc2nc(NC3CCCCC3)c3ncn(PI)c3n2)cc1. The van der Waals surface area contributed by atoms with Gasteiger partial charge in [-0.3, -0.25) is 13.9 Å². The van der Waals surface area contributed by atoms with Crippen LogP contribution >= 0.6 is 28.4 Å². The second-order valence-corrected chi connectivity index (χ2v) is 11.0. The number of nitrogens with one attached hydrogen (secondary N) is 3. The number of anilines is 3. The predicted octanol–water partition coefficient (Wildman–Crippen LogP) is 5.48. The van der Waals surface area contributed by atoms with Crippen LogP contribution in [0.25, 0.3) is 11.2 Å². The third kappa shape index (κ3) is 7.25. The molecule has 1 unspecified atom stereocenters. The molecule has 4 N–H and O–H groups in total. The number of carbonyl (C=O) groups is 2. The van der Waals surface area contributed by atoms with Crippen molar-refractivity contribution in [3.05, 3.63) is 36.2 Å². The summed E-state index contributed by atoms with van der Waals surface area (Å²) < 4.78 is 2.02. The number of benzene rings is 1. The lowest BCUT2D eigenvalue weighted by Crippen LogP contribution is -2.24. The van der Waals surface area contributed by atoms with E-state index < -0.39 is 5.97 Å². The van der Waals surface area contributed by atoms with Gasteiger partial charge in [-0.15, -0.1) is 0 Å². The standard InChI is InChI=1S/C24H31IN7O3P/c25-36-32-15-27-20-21(28-17-7-3-1-4-8-17)30-24(31-22(20)32)29-18-12-10-16(11-13-18)23(35)26-14-6-2-5-9-19(33)34/h10-13,15,17,36H,1-9,14H2,(H,26,35)(H,33,34)(H2,28,29,30,31). The average molecular weight is 623 g/mol. The van der Waals surface area contributed by atoms with Gasteiger partial charge in [-0.25, -0.2) is 4.98 Å². The first-order chi connectivity index (χ1) is 17.5. The first-order valence-electron chi connectivity index (χ1n) is 12.3. The number of nitrogens with zero attached hydrogens (tertiary/aromatic N) is 4. The summed E-state index contributed by atoms with van der Waals surface area (Å²) in [6.45, 7) is 0.522. The third-order valence-corrected chi connectivity index (χ3v) is 8.26. The molecule has 1 aliphatic rings. The van der Waals surface area contributed by atoms with Gasteiger partial charge in [-0.05, 0) is 72.0 Å². The highest BCUT2D eigenvalue weighted by Crippen LogP contribution is 2.32. The van der Waals surface area contributed by atoms with Gasteiger partial charge in [0.25, 0.3) is 5.91 Å². The fourth-order valence-corrected chi connectivity index (χ4v) is 5.67. The number of hydrogen-bond donors (Lipinski definition) is 4. The van der Waals surface area contributed by atoms with E-state index in [4.69, 9.17) is 15.1 Å². The van der Waals surface area contributed by atoms with Crippen molar-refractivity contribution in [1.29, 1.82) is 0 Å². The topological polar surface area (TPSA) is 134 Å². The number of carboxylic acids is 1. The normalized spacial score (nSPS) is 14.4. The molecule has 12 heteroatoms. The first kappa shape index (κ1) is 26.5. The number of rotatable bonds is 12. The van der Waals surface area contributed by atoms with E-state index in [1.54, 1.807) is 18.5 Å². The molecule has 0 saturated heterocycles. The van der Waals surface area contributed by atoms with Gasteiger partial charge in [0.1, 0.15) is 6.33 Å². The molecule has 1 aliphatic carbocycles. The minimum atomic E-state index is -0.786. The first-order valence-corrected chi connectivity index (χ1v) is 16.3. The van der Waals surface area contributed by atoms with Crippen molar-refractivity contribution in [3.63, 3.8) is 0 Å². The van der Waals surface area contributed by atoms with Gasteiger partial charge in [-0.2, -0.15) is 9.97 Å². The Hall–Kier alpha value is -2.53. The zero-order valence-electron chi connectivity index (χ0n) is 20.0. The Bertz CT molecular complexity index is 1180. The minimum Gasteiger partial charge on any atom is -0.481 e. The van der Waals surface area contributed by atoms with Crippen LogP contribution in [0, 0.1) is 0 Å². The maximum atomic E-state index is 12.4. The van der Waals surface area contributed by atoms with E-state index in [-0.39, 0.29) is 12.3 Å². The van der Waals surface area contributed by atoms with Crippen molar-refractivity contribution >= 4 is 68.9 Å². The molecule has 0 aliphatic heterocycles. The Morgan fingerprint density at radius 1 is 1.08 bits per heavy atom. The number of carbonyl (C=O) groups excluding carboxylic acids is 1. The zero-order chi connectivity index (χ0) is 25.3. The number of aliphatic carboxylic acids is 1. The highest BCUT2D eigenvalue weighted by atomic mass is 127. The molecule has 4 rings (SSSR count). The summed E-state index contributed by atoms with van der Waals surface area (Å²) in [6, 6.07) is 7.59. The Labute approximate surface area is 224 Å². The van der Waals surface area contributed by atoms with Crippen LogP contribution in [0.15, 0.2) is 30.6 Å². The summed E-state index contributed by atoms with van der Waals surface area (Å²) in [5.74, 6) is 0.298. The molecule has 192 valence electrons. The molecule has 1 fully saturated rings. The summed E-state index contributed by atoms with van der Waals surface area (Å²) in [6.07, 6.45) is 10.6. The Morgan fingerprint density at radius 2 is 1.86 bits per heavy atom.